The molecule has 0 fully saturated rings. The van der Waals surface area contributed by atoms with E-state index in [9.17, 15) is 26.3 Å². The molecule has 0 aliphatic heterocycles. The molecule has 0 saturated carbocycles. The molecule has 0 radical (unpaired) electrons. The molecule has 0 amide bonds. The van der Waals surface area contributed by atoms with Gasteiger partial charge in [0.05, 0.1) is 13.2 Å². The van der Waals surface area contributed by atoms with Crippen molar-refractivity contribution in [3.8, 4) is 0 Å². The number of halogens is 6. The second-order valence-corrected chi connectivity index (χ2v) is 7.70. The van der Waals surface area contributed by atoms with Gasteiger partial charge in [-0.1, -0.05) is 0 Å². The minimum atomic E-state index is -4.85. The molecular weight excluding hydrogens is 356 g/mol. The molecule has 0 aromatic rings. The zero-order valence-corrected chi connectivity index (χ0v) is 12.1. The summed E-state index contributed by atoms with van der Waals surface area (Å²) in [5, 5.41) is 0. The molecule has 14 heteroatoms. The molecule has 0 saturated heterocycles. The van der Waals surface area contributed by atoms with Crippen LogP contribution in [0.5, 0.6) is 0 Å². The molecule has 6 nitrogen and oxygen atoms in total. The van der Waals surface area contributed by atoms with Gasteiger partial charge in [-0.3, -0.25) is 0 Å². The first-order valence-electron chi connectivity index (χ1n) is 5.22. The Balaban J connectivity index is 3.96. The van der Waals surface area contributed by atoms with Crippen LogP contribution in [0.3, 0.4) is 0 Å². The fourth-order valence-corrected chi connectivity index (χ4v) is 3.00. The third-order valence-corrected chi connectivity index (χ3v) is 4.39. The van der Waals surface area contributed by atoms with Crippen LogP contribution in [0, 0.1) is 0 Å². The smallest absolute Gasteiger partial charge is 0.192 e. The quantitative estimate of drug-likeness (QED) is 0.297. The summed E-state index contributed by atoms with van der Waals surface area (Å²) in [6.07, 6.45) is -14.0. The highest BCUT2D eigenvalue weighted by atomic mass is 31.2. The van der Waals surface area contributed by atoms with Gasteiger partial charge in [-0.2, -0.15) is 55.0 Å². The number of hydrogen-bond acceptors (Lipinski definition) is 6. The van der Waals surface area contributed by atoms with Gasteiger partial charge < -0.3 is 0 Å². The molecule has 0 spiro atoms. The number of rotatable bonds is 8. The Morgan fingerprint density at radius 3 is 1.19 bits per heavy atom. The fourth-order valence-electron chi connectivity index (χ4n) is 1.04. The van der Waals surface area contributed by atoms with Gasteiger partial charge in [-0.25, -0.2) is 0 Å². The predicted molar refractivity (Wildman–Crippen MR) is 61.1 cm³/mol. The average molecular weight is 370 g/mol. The van der Waals surface area contributed by atoms with E-state index in [-0.39, 0.29) is 6.42 Å². The lowest BCUT2D eigenvalue weighted by molar-refractivity contribution is -0.112. The summed E-state index contributed by atoms with van der Waals surface area (Å²) in [4.78, 5) is 35.6. The van der Waals surface area contributed by atoms with Gasteiger partial charge in [0.15, 0.2) is 0 Å². The molecular formula is C7H14F6O6P2+2. The van der Waals surface area contributed by atoms with Gasteiger partial charge in [0, 0.05) is 6.42 Å². The minimum absolute atomic E-state index is 0.360. The normalized spacial score (nSPS) is 14.6. The lowest BCUT2D eigenvalue weighted by Gasteiger charge is -2.14. The molecule has 4 N–H and O–H groups in total. The topological polar surface area (TPSA) is 99.4 Å². The summed E-state index contributed by atoms with van der Waals surface area (Å²) in [7, 11) is -9.31. The Morgan fingerprint density at radius 1 is 0.667 bits per heavy atom. The van der Waals surface area contributed by atoms with E-state index in [1.165, 1.54) is 0 Å². The summed E-state index contributed by atoms with van der Waals surface area (Å²) in [5.74, 6) is 0. The maximum Gasteiger partial charge on any atom is 0.430 e. The Kier molecular flexibility index (Phi) is 7.72. The van der Waals surface area contributed by atoms with E-state index in [0.717, 1.165) is 0 Å². The van der Waals surface area contributed by atoms with Crippen LogP contribution in [0.15, 0.2) is 0 Å². The van der Waals surface area contributed by atoms with Crippen molar-refractivity contribution in [1.29, 1.82) is 0 Å². The van der Waals surface area contributed by atoms with Crippen LogP contribution in [0.1, 0.15) is 6.42 Å². The van der Waals surface area contributed by atoms with Gasteiger partial charge >= 0.3 is 28.2 Å². The van der Waals surface area contributed by atoms with Gasteiger partial charge in [0.25, 0.3) is 0 Å². The van der Waals surface area contributed by atoms with Crippen LogP contribution < -0.4 is 0 Å². The van der Waals surface area contributed by atoms with Crippen LogP contribution in [0.4, 0.5) is 26.3 Å². The van der Waals surface area contributed by atoms with Gasteiger partial charge in [-0.15, -0.1) is 0 Å². The first-order chi connectivity index (χ1) is 9.12. The highest BCUT2D eigenvalue weighted by Gasteiger charge is 2.51. The molecule has 128 valence electrons. The summed E-state index contributed by atoms with van der Waals surface area (Å²) in [5.41, 5.74) is 0. The fraction of sp³-hybridized carbons (Fsp3) is 1.00. The largest absolute Gasteiger partial charge is 0.430 e. The van der Waals surface area contributed by atoms with E-state index < -0.39 is 53.8 Å². The lowest BCUT2D eigenvalue weighted by Crippen LogP contribution is -2.20. The molecule has 0 aromatic carbocycles. The van der Waals surface area contributed by atoms with Crippen LogP contribution in [-0.2, 0) is 9.05 Å². The van der Waals surface area contributed by atoms with E-state index >= 15 is 0 Å². The van der Waals surface area contributed by atoms with Crippen molar-refractivity contribution in [3.05, 3.63) is 0 Å². The molecule has 0 aliphatic rings. The first kappa shape index (κ1) is 21.2. The molecule has 0 atom stereocenters. The van der Waals surface area contributed by atoms with Crippen molar-refractivity contribution < 1.29 is 55.0 Å². The SMILES string of the molecule is O[P+](O)(CC(F)(F)F)OCCCO[P+](O)(O)CC(F)(F)F. The van der Waals surface area contributed by atoms with Crippen LogP contribution in [0.25, 0.3) is 0 Å². The van der Waals surface area contributed by atoms with Crippen LogP contribution >= 0.6 is 15.9 Å². The summed E-state index contributed by atoms with van der Waals surface area (Å²) < 4.78 is 79.6. The maximum atomic E-state index is 11.9. The van der Waals surface area contributed by atoms with Crippen LogP contribution in [-0.4, -0.2) is 57.5 Å². The van der Waals surface area contributed by atoms with Crippen molar-refractivity contribution in [2.24, 2.45) is 0 Å². The van der Waals surface area contributed by atoms with E-state index in [2.05, 4.69) is 9.05 Å². The molecule has 0 unspecified atom stereocenters. The molecule has 0 aliphatic carbocycles. The monoisotopic (exact) mass is 370 g/mol. The van der Waals surface area contributed by atoms with E-state index in [1.807, 2.05) is 0 Å². The van der Waals surface area contributed by atoms with Gasteiger partial charge in [0.2, 0.25) is 12.3 Å². The second kappa shape index (κ2) is 7.65. The van der Waals surface area contributed by atoms with Crippen LogP contribution in [0.2, 0.25) is 0 Å². The third kappa shape index (κ3) is 13.6. The summed E-state index contributed by atoms with van der Waals surface area (Å²) in [6, 6.07) is 0. The molecule has 0 bridgehead atoms. The van der Waals surface area contributed by atoms with E-state index in [0.29, 0.717) is 0 Å². The highest BCUT2D eigenvalue weighted by Crippen LogP contribution is 2.56. The average Bonchev–Trinajstić information content (AvgIpc) is 2.07. The Bertz CT molecular complexity index is 290. The van der Waals surface area contributed by atoms with Gasteiger partial charge in [-0.05, 0) is 0 Å². The van der Waals surface area contributed by atoms with Crippen molar-refractivity contribution in [1.82, 2.24) is 0 Å². The first-order valence-corrected chi connectivity index (χ1v) is 8.81. The van der Waals surface area contributed by atoms with Crippen molar-refractivity contribution in [3.63, 3.8) is 0 Å². The molecule has 0 aromatic heterocycles. The van der Waals surface area contributed by atoms with Crippen molar-refractivity contribution >= 4 is 15.9 Å². The lowest BCUT2D eigenvalue weighted by atomic mass is 10.5. The van der Waals surface area contributed by atoms with E-state index in [1.54, 1.807) is 0 Å². The zero-order valence-electron chi connectivity index (χ0n) is 10.3. The standard InChI is InChI=1S/C7H14F6O6P2/c8-6(9,10)4-20(14,15)18-2-1-3-19-21(16,17)5-7(11,12)13/h14-17H,1-5H2/q+2. The summed E-state index contributed by atoms with van der Waals surface area (Å²) in [6.45, 7) is -1.33. The third-order valence-electron chi connectivity index (χ3n) is 1.66. The molecule has 0 rings (SSSR count). The number of hydrogen-bond donors (Lipinski definition) is 4. The van der Waals surface area contributed by atoms with Gasteiger partial charge in [0.1, 0.15) is 0 Å². The number of alkyl halides is 6. The Hall–Kier alpha value is 0.200. The predicted octanol–water partition coefficient (Wildman–Crippen LogP) is 2.03. The highest BCUT2D eigenvalue weighted by molar-refractivity contribution is 7.60. The Labute approximate surface area is 116 Å². The molecule has 21 heavy (non-hydrogen) atoms. The molecule has 0 heterocycles. The van der Waals surface area contributed by atoms with Crippen molar-refractivity contribution in [2.75, 3.05) is 25.5 Å². The van der Waals surface area contributed by atoms with Crippen molar-refractivity contribution in [2.45, 2.75) is 18.8 Å². The summed E-state index contributed by atoms with van der Waals surface area (Å²) >= 11 is 0. The van der Waals surface area contributed by atoms with E-state index in [4.69, 9.17) is 19.6 Å². The maximum absolute atomic E-state index is 11.9. The minimum Gasteiger partial charge on any atom is -0.192 e. The Morgan fingerprint density at radius 2 is 0.952 bits per heavy atom. The zero-order chi connectivity index (χ0) is 16.9. The second-order valence-electron chi connectivity index (χ2n) is 3.90.